The predicted molar refractivity (Wildman–Crippen MR) is 124 cm³/mol. The molecule has 1 amide bonds. The number of halogens is 1. The molecule has 2 aromatic carbocycles. The van der Waals surface area contributed by atoms with Gasteiger partial charge in [-0.1, -0.05) is 12.1 Å². The molecule has 2 rings (SSSR count). The summed E-state index contributed by atoms with van der Waals surface area (Å²) in [6, 6.07) is 15.1. The summed E-state index contributed by atoms with van der Waals surface area (Å²) >= 11 is 0. The standard InChI is InChI=1S/C23H31N3O3.ClH/c1-3-26(4-2)23(27)21-10-6-7-11-22(21)29-17-9-5-8-16-28-20-14-12-19(13-15-20)18-25-24;/h6-7,10-15,18H,3-5,8-9,16-17,24H2,1-2H3;1H. The average Bonchev–Trinajstić information content (AvgIpc) is 2.75. The molecule has 0 bridgehead atoms. The monoisotopic (exact) mass is 433 g/mol. The molecule has 0 radical (unpaired) electrons. The van der Waals surface area contributed by atoms with Gasteiger partial charge >= 0.3 is 0 Å². The van der Waals surface area contributed by atoms with Crippen molar-refractivity contribution in [2.75, 3.05) is 26.3 Å². The van der Waals surface area contributed by atoms with Gasteiger partial charge in [-0.2, -0.15) is 5.10 Å². The Bertz CT molecular complexity index is 778. The summed E-state index contributed by atoms with van der Waals surface area (Å²) in [7, 11) is 0. The molecule has 0 aliphatic carbocycles. The van der Waals surface area contributed by atoms with Crippen LogP contribution in [0.3, 0.4) is 0 Å². The quantitative estimate of drug-likeness (QED) is 0.231. The van der Waals surface area contributed by atoms with Crippen molar-refractivity contribution in [3.63, 3.8) is 0 Å². The lowest BCUT2D eigenvalue weighted by Gasteiger charge is -2.20. The normalized spacial score (nSPS) is 10.5. The number of hydrogen-bond acceptors (Lipinski definition) is 5. The maximum Gasteiger partial charge on any atom is 0.257 e. The van der Waals surface area contributed by atoms with Crippen molar-refractivity contribution in [2.45, 2.75) is 33.1 Å². The molecule has 0 heterocycles. The van der Waals surface area contributed by atoms with E-state index >= 15 is 0 Å². The van der Waals surface area contributed by atoms with E-state index in [-0.39, 0.29) is 18.3 Å². The number of hydrazone groups is 1. The number of carbonyl (C=O) groups is 1. The predicted octanol–water partition coefficient (Wildman–Crippen LogP) is 4.51. The summed E-state index contributed by atoms with van der Waals surface area (Å²) in [6.07, 6.45) is 4.43. The first kappa shape index (κ1) is 25.3. The van der Waals surface area contributed by atoms with E-state index in [1.165, 1.54) is 0 Å². The van der Waals surface area contributed by atoms with E-state index in [0.717, 1.165) is 30.6 Å². The highest BCUT2D eigenvalue weighted by atomic mass is 35.5. The molecule has 0 aliphatic rings. The zero-order chi connectivity index (χ0) is 20.9. The summed E-state index contributed by atoms with van der Waals surface area (Å²) < 4.78 is 11.6. The van der Waals surface area contributed by atoms with E-state index in [9.17, 15) is 4.79 Å². The molecule has 0 aliphatic heterocycles. The summed E-state index contributed by atoms with van der Waals surface area (Å²) in [5.74, 6) is 6.64. The second-order valence-corrected chi connectivity index (χ2v) is 6.58. The van der Waals surface area contributed by atoms with Gasteiger partial charge in [0.2, 0.25) is 0 Å². The van der Waals surface area contributed by atoms with Crippen molar-refractivity contribution in [1.82, 2.24) is 4.90 Å². The minimum absolute atomic E-state index is 0. The number of carbonyl (C=O) groups excluding carboxylic acids is 1. The third-order valence-corrected chi connectivity index (χ3v) is 4.59. The van der Waals surface area contributed by atoms with Crippen molar-refractivity contribution < 1.29 is 14.3 Å². The van der Waals surface area contributed by atoms with Crippen LogP contribution in [0.25, 0.3) is 0 Å². The average molecular weight is 434 g/mol. The van der Waals surface area contributed by atoms with Crippen LogP contribution >= 0.6 is 12.4 Å². The molecule has 0 fully saturated rings. The second kappa shape index (κ2) is 14.3. The Morgan fingerprint density at radius 3 is 2.23 bits per heavy atom. The van der Waals surface area contributed by atoms with E-state index in [1.54, 1.807) is 11.1 Å². The van der Waals surface area contributed by atoms with Crippen molar-refractivity contribution in [1.29, 1.82) is 0 Å². The van der Waals surface area contributed by atoms with Crippen LogP contribution in [0.1, 0.15) is 49.0 Å². The molecule has 0 saturated carbocycles. The molecule has 7 heteroatoms. The topological polar surface area (TPSA) is 77.2 Å². The van der Waals surface area contributed by atoms with Gasteiger partial charge in [-0.25, -0.2) is 0 Å². The minimum Gasteiger partial charge on any atom is -0.494 e. The van der Waals surface area contributed by atoms with E-state index in [4.69, 9.17) is 15.3 Å². The maximum absolute atomic E-state index is 12.6. The Kier molecular flexibility index (Phi) is 12.0. The molecule has 0 aromatic heterocycles. The van der Waals surface area contributed by atoms with Gasteiger partial charge in [0.05, 0.1) is 25.0 Å². The Morgan fingerprint density at radius 2 is 1.60 bits per heavy atom. The van der Waals surface area contributed by atoms with Crippen molar-refractivity contribution >= 4 is 24.5 Å². The fourth-order valence-corrected chi connectivity index (χ4v) is 2.94. The molecule has 0 unspecified atom stereocenters. The van der Waals surface area contributed by atoms with E-state index in [1.807, 2.05) is 62.4 Å². The largest absolute Gasteiger partial charge is 0.494 e. The summed E-state index contributed by atoms with van der Waals surface area (Å²) in [5.41, 5.74) is 1.57. The number of para-hydroxylation sites is 1. The molecule has 6 nitrogen and oxygen atoms in total. The van der Waals surface area contributed by atoms with Crippen molar-refractivity contribution in [2.24, 2.45) is 10.9 Å². The smallest absolute Gasteiger partial charge is 0.257 e. The highest BCUT2D eigenvalue weighted by molar-refractivity contribution is 5.96. The minimum atomic E-state index is 0. The summed E-state index contributed by atoms with van der Waals surface area (Å²) in [4.78, 5) is 14.4. The second-order valence-electron chi connectivity index (χ2n) is 6.58. The van der Waals surface area contributed by atoms with E-state index in [2.05, 4.69) is 5.10 Å². The fraction of sp³-hybridized carbons (Fsp3) is 0.391. The summed E-state index contributed by atoms with van der Waals surface area (Å²) in [6.45, 7) is 6.57. The van der Waals surface area contributed by atoms with Gasteiger partial charge in [0.15, 0.2) is 0 Å². The van der Waals surface area contributed by atoms with Gasteiger partial charge < -0.3 is 20.2 Å². The molecule has 2 N–H and O–H groups in total. The Hall–Kier alpha value is -2.73. The van der Waals surface area contributed by atoms with E-state index < -0.39 is 0 Å². The van der Waals surface area contributed by atoms with Crippen molar-refractivity contribution in [3.8, 4) is 11.5 Å². The Balaban J connectivity index is 0.00000450. The van der Waals surface area contributed by atoms with Gasteiger partial charge in [0, 0.05) is 13.1 Å². The van der Waals surface area contributed by atoms with Gasteiger partial charge in [0.25, 0.3) is 5.91 Å². The van der Waals surface area contributed by atoms with Gasteiger partial charge in [-0.15, -0.1) is 12.4 Å². The first-order valence-electron chi connectivity index (χ1n) is 10.2. The highest BCUT2D eigenvalue weighted by Crippen LogP contribution is 2.20. The lowest BCUT2D eigenvalue weighted by atomic mass is 10.1. The molecule has 0 spiro atoms. The molecule has 0 atom stereocenters. The SMILES string of the molecule is CCN(CC)C(=O)c1ccccc1OCCCCCOc1ccc(C=NN)cc1.Cl. The zero-order valence-corrected chi connectivity index (χ0v) is 18.6. The third-order valence-electron chi connectivity index (χ3n) is 4.59. The van der Waals surface area contributed by atoms with Gasteiger partial charge in [0.1, 0.15) is 11.5 Å². The van der Waals surface area contributed by atoms with Crippen LogP contribution in [-0.4, -0.2) is 43.3 Å². The zero-order valence-electron chi connectivity index (χ0n) is 17.8. The maximum atomic E-state index is 12.6. The molecular formula is C23H32ClN3O3. The number of nitrogens with two attached hydrogens (primary N) is 1. The first-order chi connectivity index (χ1) is 14.2. The molecular weight excluding hydrogens is 402 g/mol. The fourth-order valence-electron chi connectivity index (χ4n) is 2.94. The molecule has 0 saturated heterocycles. The Morgan fingerprint density at radius 1 is 0.967 bits per heavy atom. The van der Waals surface area contributed by atoms with Crippen LogP contribution in [0.2, 0.25) is 0 Å². The van der Waals surface area contributed by atoms with Crippen molar-refractivity contribution in [3.05, 3.63) is 59.7 Å². The van der Waals surface area contributed by atoms with Crippen LogP contribution in [-0.2, 0) is 0 Å². The number of rotatable bonds is 12. The molecule has 2 aromatic rings. The van der Waals surface area contributed by atoms with Gasteiger partial charge in [-0.3, -0.25) is 4.79 Å². The lowest BCUT2D eigenvalue weighted by molar-refractivity contribution is 0.0768. The number of amides is 1. The van der Waals surface area contributed by atoms with Crippen LogP contribution in [0.5, 0.6) is 11.5 Å². The van der Waals surface area contributed by atoms with Crippen LogP contribution in [0.4, 0.5) is 0 Å². The van der Waals surface area contributed by atoms with Crippen LogP contribution < -0.4 is 15.3 Å². The number of ether oxygens (including phenoxy) is 2. The number of nitrogens with zero attached hydrogens (tertiary/aromatic N) is 2. The number of unbranched alkanes of at least 4 members (excludes halogenated alkanes) is 2. The van der Waals surface area contributed by atoms with Gasteiger partial charge in [-0.05, 0) is 75.1 Å². The lowest BCUT2D eigenvalue weighted by Crippen LogP contribution is -2.30. The summed E-state index contributed by atoms with van der Waals surface area (Å²) in [5, 5.41) is 3.49. The van der Waals surface area contributed by atoms with Crippen LogP contribution in [0.15, 0.2) is 53.6 Å². The third kappa shape index (κ3) is 7.95. The highest BCUT2D eigenvalue weighted by Gasteiger charge is 2.16. The van der Waals surface area contributed by atoms with Crippen LogP contribution in [0, 0.1) is 0 Å². The first-order valence-corrected chi connectivity index (χ1v) is 10.2. The number of hydrogen-bond donors (Lipinski definition) is 1. The molecule has 30 heavy (non-hydrogen) atoms. The number of benzene rings is 2. The van der Waals surface area contributed by atoms with E-state index in [0.29, 0.717) is 37.6 Å². The molecule has 164 valence electrons. The Labute approximate surface area is 185 Å².